The lowest BCUT2D eigenvalue weighted by molar-refractivity contribution is 0.219. The molecule has 0 aliphatic rings. The Balaban J connectivity index is 2.46. The topological polar surface area (TPSA) is 29.5 Å². The van der Waals surface area contributed by atoms with E-state index in [1.165, 1.54) is 0 Å². The molecular formula is C15H12Cl3IO2. The lowest BCUT2D eigenvalue weighted by Crippen LogP contribution is -2.04. The van der Waals surface area contributed by atoms with Crippen molar-refractivity contribution >= 4 is 57.4 Å². The first-order chi connectivity index (χ1) is 9.93. The summed E-state index contributed by atoms with van der Waals surface area (Å²) in [7, 11) is 0. The summed E-state index contributed by atoms with van der Waals surface area (Å²) in [5.74, 6) is 0.501. The monoisotopic (exact) mass is 456 g/mol. The maximum Gasteiger partial charge on any atom is 0.139 e. The number of hydrogen-bond acceptors (Lipinski definition) is 2. The Bertz CT molecular complexity index is 662. The summed E-state index contributed by atoms with van der Waals surface area (Å²) in [4.78, 5) is 0. The molecule has 1 unspecified atom stereocenters. The van der Waals surface area contributed by atoms with Gasteiger partial charge in [0.2, 0.25) is 0 Å². The molecule has 0 spiro atoms. The van der Waals surface area contributed by atoms with Gasteiger partial charge in [-0.25, -0.2) is 0 Å². The van der Waals surface area contributed by atoms with E-state index < -0.39 is 6.10 Å². The van der Waals surface area contributed by atoms with Gasteiger partial charge in [0.05, 0.1) is 16.7 Å². The molecule has 112 valence electrons. The Kier molecular flexibility index (Phi) is 6.03. The number of halogens is 4. The third-order valence-corrected chi connectivity index (χ3v) is 4.74. The van der Waals surface area contributed by atoms with Crippen molar-refractivity contribution in [3.8, 4) is 5.75 Å². The molecule has 2 aromatic rings. The van der Waals surface area contributed by atoms with Crippen LogP contribution in [0.25, 0.3) is 0 Å². The predicted molar refractivity (Wildman–Crippen MR) is 95.9 cm³/mol. The minimum Gasteiger partial charge on any atom is -0.492 e. The molecule has 0 saturated carbocycles. The molecule has 0 aliphatic heterocycles. The van der Waals surface area contributed by atoms with Gasteiger partial charge in [0.1, 0.15) is 11.9 Å². The Morgan fingerprint density at radius 3 is 2.48 bits per heavy atom. The van der Waals surface area contributed by atoms with Crippen LogP contribution in [0.15, 0.2) is 30.3 Å². The second-order valence-corrected chi connectivity index (χ2v) is 6.72. The van der Waals surface area contributed by atoms with E-state index in [-0.39, 0.29) is 0 Å². The molecule has 2 aromatic carbocycles. The van der Waals surface area contributed by atoms with Crippen molar-refractivity contribution in [2.75, 3.05) is 6.61 Å². The minimum absolute atomic E-state index is 0.395. The Morgan fingerprint density at radius 1 is 1.10 bits per heavy atom. The van der Waals surface area contributed by atoms with Gasteiger partial charge in [-0.2, -0.15) is 0 Å². The zero-order valence-corrected chi connectivity index (χ0v) is 15.5. The molecule has 21 heavy (non-hydrogen) atoms. The molecule has 0 aliphatic carbocycles. The van der Waals surface area contributed by atoms with Crippen LogP contribution in [-0.2, 0) is 0 Å². The van der Waals surface area contributed by atoms with Gasteiger partial charge >= 0.3 is 0 Å². The number of ether oxygens (including phenoxy) is 1. The van der Waals surface area contributed by atoms with E-state index in [0.29, 0.717) is 38.6 Å². The van der Waals surface area contributed by atoms with Gasteiger partial charge in [-0.15, -0.1) is 0 Å². The second kappa shape index (κ2) is 7.38. The van der Waals surface area contributed by atoms with E-state index in [4.69, 9.17) is 39.5 Å². The molecule has 0 radical (unpaired) electrons. The molecule has 0 saturated heterocycles. The fraction of sp³-hybridized carbons (Fsp3) is 0.200. The minimum atomic E-state index is -0.906. The summed E-state index contributed by atoms with van der Waals surface area (Å²) in [6, 6.07) is 8.56. The normalized spacial score (nSPS) is 12.3. The Labute approximate surface area is 152 Å². The third-order valence-electron chi connectivity index (χ3n) is 2.90. The van der Waals surface area contributed by atoms with Crippen LogP contribution in [0.4, 0.5) is 0 Å². The molecule has 0 heterocycles. The van der Waals surface area contributed by atoms with Gasteiger partial charge in [0.25, 0.3) is 0 Å². The zero-order valence-electron chi connectivity index (χ0n) is 11.0. The first-order valence-electron chi connectivity index (χ1n) is 6.18. The number of hydrogen-bond donors (Lipinski definition) is 1. The van der Waals surface area contributed by atoms with E-state index >= 15 is 0 Å². The first kappa shape index (κ1) is 17.2. The van der Waals surface area contributed by atoms with Crippen LogP contribution >= 0.6 is 57.4 Å². The van der Waals surface area contributed by atoms with E-state index in [2.05, 4.69) is 22.6 Å². The molecule has 2 nitrogen and oxygen atoms in total. The number of aliphatic hydroxyl groups is 1. The van der Waals surface area contributed by atoms with Crippen LogP contribution in [0.5, 0.6) is 5.75 Å². The maximum absolute atomic E-state index is 10.6. The van der Waals surface area contributed by atoms with E-state index in [0.717, 1.165) is 3.57 Å². The molecule has 0 amide bonds. The quantitative estimate of drug-likeness (QED) is 0.594. The Morgan fingerprint density at radius 2 is 1.81 bits per heavy atom. The largest absolute Gasteiger partial charge is 0.492 e. The van der Waals surface area contributed by atoms with Crippen molar-refractivity contribution in [3.05, 3.63) is 60.1 Å². The van der Waals surface area contributed by atoms with Gasteiger partial charge in [0, 0.05) is 20.2 Å². The maximum atomic E-state index is 10.6. The van der Waals surface area contributed by atoms with Gasteiger partial charge in [-0.3, -0.25) is 0 Å². The molecule has 0 fully saturated rings. The second-order valence-electron chi connectivity index (χ2n) is 4.31. The standard InChI is InChI=1S/C15H12Cl3IO2/c1-2-21-14-7-11(17)9(6-12(14)18)15(20)10-5-8(16)3-4-13(10)19/h3-7,15,20H,2H2,1H3. The fourth-order valence-corrected chi connectivity index (χ4v) is 3.21. The molecule has 2 rings (SSSR count). The average Bonchev–Trinajstić information content (AvgIpc) is 2.44. The molecule has 0 aromatic heterocycles. The van der Waals surface area contributed by atoms with Crippen molar-refractivity contribution in [1.82, 2.24) is 0 Å². The zero-order chi connectivity index (χ0) is 15.6. The van der Waals surface area contributed by atoms with E-state index in [1.807, 2.05) is 13.0 Å². The summed E-state index contributed by atoms with van der Waals surface area (Å²) in [6.45, 7) is 2.35. The highest BCUT2D eigenvalue weighted by molar-refractivity contribution is 14.1. The fourth-order valence-electron chi connectivity index (χ4n) is 1.91. The van der Waals surface area contributed by atoms with Crippen LogP contribution in [-0.4, -0.2) is 11.7 Å². The molecule has 0 bridgehead atoms. The summed E-state index contributed by atoms with van der Waals surface area (Å²) < 4.78 is 6.27. The molecule has 1 N–H and O–H groups in total. The van der Waals surface area contributed by atoms with Crippen LogP contribution in [0, 0.1) is 3.57 Å². The number of rotatable bonds is 4. The predicted octanol–water partition coefficient (Wildman–Crippen LogP) is 5.73. The lowest BCUT2D eigenvalue weighted by Gasteiger charge is -2.17. The van der Waals surface area contributed by atoms with Crippen molar-refractivity contribution in [3.63, 3.8) is 0 Å². The highest BCUT2D eigenvalue weighted by Crippen LogP contribution is 2.37. The highest BCUT2D eigenvalue weighted by Gasteiger charge is 2.19. The van der Waals surface area contributed by atoms with Gasteiger partial charge < -0.3 is 9.84 Å². The summed E-state index contributed by atoms with van der Waals surface area (Å²) in [5.41, 5.74) is 1.20. The van der Waals surface area contributed by atoms with Crippen LogP contribution in [0.2, 0.25) is 15.1 Å². The smallest absolute Gasteiger partial charge is 0.139 e. The third kappa shape index (κ3) is 3.96. The van der Waals surface area contributed by atoms with Crippen molar-refractivity contribution in [2.24, 2.45) is 0 Å². The summed E-state index contributed by atoms with van der Waals surface area (Å²) in [5, 5.41) is 11.9. The highest BCUT2D eigenvalue weighted by atomic mass is 127. The van der Waals surface area contributed by atoms with Crippen molar-refractivity contribution in [1.29, 1.82) is 0 Å². The lowest BCUT2D eigenvalue weighted by atomic mass is 10.0. The number of benzene rings is 2. The molecule has 1 atom stereocenters. The average molecular weight is 458 g/mol. The van der Waals surface area contributed by atoms with Gasteiger partial charge in [-0.1, -0.05) is 34.8 Å². The SMILES string of the molecule is CCOc1cc(Cl)c(C(O)c2cc(Cl)ccc2I)cc1Cl. The van der Waals surface area contributed by atoms with Crippen molar-refractivity contribution in [2.45, 2.75) is 13.0 Å². The molecular weight excluding hydrogens is 445 g/mol. The van der Waals surface area contributed by atoms with Gasteiger partial charge in [0.15, 0.2) is 0 Å². The van der Waals surface area contributed by atoms with E-state index in [9.17, 15) is 5.11 Å². The van der Waals surface area contributed by atoms with Crippen LogP contribution in [0.3, 0.4) is 0 Å². The first-order valence-corrected chi connectivity index (χ1v) is 8.40. The summed E-state index contributed by atoms with van der Waals surface area (Å²) >= 11 is 20.5. The van der Waals surface area contributed by atoms with E-state index in [1.54, 1.807) is 24.3 Å². The van der Waals surface area contributed by atoms with Crippen LogP contribution in [0.1, 0.15) is 24.2 Å². The Hall–Kier alpha value is -0.200. The summed E-state index contributed by atoms with van der Waals surface area (Å²) in [6.07, 6.45) is -0.906. The van der Waals surface area contributed by atoms with Crippen LogP contribution < -0.4 is 4.74 Å². The van der Waals surface area contributed by atoms with Crippen molar-refractivity contribution < 1.29 is 9.84 Å². The number of aliphatic hydroxyl groups excluding tert-OH is 1. The van der Waals surface area contributed by atoms with Gasteiger partial charge in [-0.05, 0) is 59.3 Å². The molecule has 6 heteroatoms.